The first-order valence-corrected chi connectivity index (χ1v) is 5.87. The molecule has 3 nitrogen and oxygen atoms in total. The summed E-state index contributed by atoms with van der Waals surface area (Å²) < 4.78 is 39.0. The molecule has 1 atom stereocenters. The van der Waals surface area contributed by atoms with Gasteiger partial charge in [-0.05, 0) is 31.5 Å². The zero-order valence-corrected chi connectivity index (χ0v) is 10.7. The molecule has 0 aliphatic carbocycles. The van der Waals surface area contributed by atoms with Crippen molar-refractivity contribution >= 4 is 11.7 Å². The Kier molecular flexibility index (Phi) is 4.80. The standard InChI is InChI=1S/C13H16F3NO2/c1-3-17(10-6-4-5-9(2)7-10)11(8-12(18)19)13(14,15)16/h4-7,11H,3,8H2,1-2H3,(H,18,19). The number of hydrogen-bond acceptors (Lipinski definition) is 2. The van der Waals surface area contributed by atoms with Crippen molar-refractivity contribution in [2.24, 2.45) is 0 Å². The minimum atomic E-state index is -4.59. The molecule has 1 rings (SSSR count). The van der Waals surface area contributed by atoms with E-state index in [1.54, 1.807) is 38.1 Å². The van der Waals surface area contributed by atoms with Gasteiger partial charge in [0.2, 0.25) is 0 Å². The van der Waals surface area contributed by atoms with Crippen molar-refractivity contribution in [2.45, 2.75) is 32.5 Å². The highest BCUT2D eigenvalue weighted by molar-refractivity contribution is 5.69. The van der Waals surface area contributed by atoms with Crippen LogP contribution in [0.4, 0.5) is 18.9 Å². The van der Waals surface area contributed by atoms with Crippen LogP contribution in [0.3, 0.4) is 0 Å². The first-order chi connectivity index (χ1) is 8.75. The van der Waals surface area contributed by atoms with Gasteiger partial charge in [0.15, 0.2) is 0 Å². The maximum Gasteiger partial charge on any atom is 0.409 e. The van der Waals surface area contributed by atoms with Crippen molar-refractivity contribution in [3.63, 3.8) is 0 Å². The molecule has 0 saturated heterocycles. The molecule has 0 heterocycles. The molecule has 0 bridgehead atoms. The van der Waals surface area contributed by atoms with Gasteiger partial charge in [-0.25, -0.2) is 0 Å². The fraction of sp³-hybridized carbons (Fsp3) is 0.462. The van der Waals surface area contributed by atoms with Gasteiger partial charge in [-0.15, -0.1) is 0 Å². The van der Waals surface area contributed by atoms with Gasteiger partial charge in [0.1, 0.15) is 6.04 Å². The van der Waals surface area contributed by atoms with Gasteiger partial charge in [0.05, 0.1) is 6.42 Å². The number of aryl methyl sites for hydroxylation is 1. The minimum Gasteiger partial charge on any atom is -0.481 e. The summed E-state index contributed by atoms with van der Waals surface area (Å²) in [7, 11) is 0. The van der Waals surface area contributed by atoms with Crippen molar-refractivity contribution < 1.29 is 23.1 Å². The first-order valence-electron chi connectivity index (χ1n) is 5.87. The molecule has 19 heavy (non-hydrogen) atoms. The molecule has 1 aromatic carbocycles. The monoisotopic (exact) mass is 275 g/mol. The second-order valence-corrected chi connectivity index (χ2v) is 4.28. The van der Waals surface area contributed by atoms with Crippen LogP contribution in [0.1, 0.15) is 18.9 Å². The van der Waals surface area contributed by atoms with Gasteiger partial charge in [-0.3, -0.25) is 4.79 Å². The summed E-state index contributed by atoms with van der Waals surface area (Å²) in [6.07, 6.45) is -5.55. The topological polar surface area (TPSA) is 40.5 Å². The lowest BCUT2D eigenvalue weighted by atomic mass is 10.1. The fourth-order valence-corrected chi connectivity index (χ4v) is 1.96. The zero-order chi connectivity index (χ0) is 14.6. The van der Waals surface area contributed by atoms with E-state index in [2.05, 4.69) is 0 Å². The summed E-state index contributed by atoms with van der Waals surface area (Å²) in [4.78, 5) is 11.7. The van der Waals surface area contributed by atoms with Crippen molar-refractivity contribution in [3.8, 4) is 0 Å². The third-order valence-electron chi connectivity index (χ3n) is 2.80. The van der Waals surface area contributed by atoms with Crippen LogP contribution in [-0.2, 0) is 4.79 Å². The number of carboxylic acid groups (broad SMARTS) is 1. The normalized spacial score (nSPS) is 13.1. The molecule has 0 amide bonds. The molecule has 0 aliphatic rings. The first kappa shape index (κ1) is 15.3. The number of carboxylic acids is 1. The van der Waals surface area contributed by atoms with Crippen LogP contribution in [0.15, 0.2) is 24.3 Å². The Balaban J connectivity index is 3.12. The third-order valence-corrected chi connectivity index (χ3v) is 2.80. The maximum atomic E-state index is 13.0. The van der Waals surface area contributed by atoms with Gasteiger partial charge < -0.3 is 10.0 Å². The second-order valence-electron chi connectivity index (χ2n) is 4.28. The smallest absolute Gasteiger partial charge is 0.409 e. The van der Waals surface area contributed by atoms with E-state index in [0.29, 0.717) is 5.69 Å². The molecule has 0 radical (unpaired) electrons. The molecular formula is C13H16F3NO2. The molecule has 0 fully saturated rings. The summed E-state index contributed by atoms with van der Waals surface area (Å²) in [6.45, 7) is 3.43. The van der Waals surface area contributed by atoms with E-state index >= 15 is 0 Å². The van der Waals surface area contributed by atoms with Crippen molar-refractivity contribution in [1.29, 1.82) is 0 Å². The minimum absolute atomic E-state index is 0.0842. The van der Waals surface area contributed by atoms with Crippen LogP contribution in [-0.4, -0.2) is 29.8 Å². The number of benzene rings is 1. The Labute approximate surface area is 109 Å². The second kappa shape index (κ2) is 5.95. The van der Waals surface area contributed by atoms with E-state index in [1.807, 2.05) is 0 Å². The predicted molar refractivity (Wildman–Crippen MR) is 66.3 cm³/mol. The van der Waals surface area contributed by atoms with E-state index in [9.17, 15) is 18.0 Å². The van der Waals surface area contributed by atoms with Crippen LogP contribution in [0.5, 0.6) is 0 Å². The molecule has 106 valence electrons. The molecule has 6 heteroatoms. The molecule has 1 aromatic rings. The van der Waals surface area contributed by atoms with Crippen LogP contribution in [0.2, 0.25) is 0 Å². The van der Waals surface area contributed by atoms with Crippen LogP contribution in [0.25, 0.3) is 0 Å². The Morgan fingerprint density at radius 1 is 1.42 bits per heavy atom. The van der Waals surface area contributed by atoms with Gasteiger partial charge in [0, 0.05) is 12.2 Å². The van der Waals surface area contributed by atoms with Gasteiger partial charge in [-0.1, -0.05) is 12.1 Å². The number of rotatable bonds is 5. The number of halogens is 3. The van der Waals surface area contributed by atoms with E-state index in [-0.39, 0.29) is 6.54 Å². The Morgan fingerprint density at radius 3 is 2.47 bits per heavy atom. The third kappa shape index (κ3) is 4.15. The van der Waals surface area contributed by atoms with Gasteiger partial charge in [0.25, 0.3) is 0 Å². The number of anilines is 1. The maximum absolute atomic E-state index is 13.0. The van der Waals surface area contributed by atoms with E-state index in [1.165, 1.54) is 0 Å². The van der Waals surface area contributed by atoms with E-state index in [4.69, 9.17) is 5.11 Å². The fourth-order valence-electron chi connectivity index (χ4n) is 1.96. The largest absolute Gasteiger partial charge is 0.481 e. The van der Waals surface area contributed by atoms with Crippen molar-refractivity contribution in [3.05, 3.63) is 29.8 Å². The molecule has 0 saturated carbocycles. The van der Waals surface area contributed by atoms with Gasteiger partial charge in [-0.2, -0.15) is 13.2 Å². The highest BCUT2D eigenvalue weighted by Crippen LogP contribution is 2.31. The average Bonchev–Trinajstić information content (AvgIpc) is 2.27. The molecule has 1 unspecified atom stereocenters. The zero-order valence-electron chi connectivity index (χ0n) is 10.7. The van der Waals surface area contributed by atoms with Gasteiger partial charge >= 0.3 is 12.1 Å². The summed E-state index contributed by atoms with van der Waals surface area (Å²) in [5.41, 5.74) is 1.21. The lowest BCUT2D eigenvalue weighted by Gasteiger charge is -2.33. The Bertz CT molecular complexity index is 446. The van der Waals surface area contributed by atoms with Crippen molar-refractivity contribution in [1.82, 2.24) is 0 Å². The highest BCUT2D eigenvalue weighted by atomic mass is 19.4. The van der Waals surface area contributed by atoms with E-state index < -0.39 is 24.6 Å². The number of hydrogen-bond donors (Lipinski definition) is 1. The number of aliphatic carboxylic acids is 1. The molecule has 0 aliphatic heterocycles. The van der Waals surface area contributed by atoms with Crippen molar-refractivity contribution in [2.75, 3.05) is 11.4 Å². The quantitative estimate of drug-likeness (QED) is 0.897. The molecule has 1 N–H and O–H groups in total. The number of nitrogens with zero attached hydrogens (tertiary/aromatic N) is 1. The predicted octanol–water partition coefficient (Wildman–Crippen LogP) is 3.23. The van der Waals surface area contributed by atoms with Crippen LogP contribution < -0.4 is 4.90 Å². The lowest BCUT2D eigenvalue weighted by molar-refractivity contribution is -0.161. The van der Waals surface area contributed by atoms with Crippen LogP contribution in [0, 0.1) is 6.92 Å². The molecular weight excluding hydrogens is 259 g/mol. The van der Waals surface area contributed by atoms with Crippen LogP contribution >= 0.6 is 0 Å². The Morgan fingerprint density at radius 2 is 2.05 bits per heavy atom. The average molecular weight is 275 g/mol. The summed E-state index contributed by atoms with van der Waals surface area (Å²) >= 11 is 0. The summed E-state index contributed by atoms with van der Waals surface area (Å²) in [5, 5.41) is 8.67. The number of carbonyl (C=O) groups is 1. The SMILES string of the molecule is CCN(c1cccc(C)c1)C(CC(=O)O)C(F)(F)F. The highest BCUT2D eigenvalue weighted by Gasteiger charge is 2.44. The summed E-state index contributed by atoms with van der Waals surface area (Å²) in [6, 6.07) is 4.58. The molecule has 0 aromatic heterocycles. The summed E-state index contributed by atoms with van der Waals surface area (Å²) in [5.74, 6) is -1.46. The van der Waals surface area contributed by atoms with E-state index in [0.717, 1.165) is 10.5 Å². The number of alkyl halides is 3. The molecule has 0 spiro atoms. The Hall–Kier alpha value is -1.72. The lowest BCUT2D eigenvalue weighted by Crippen LogP contribution is -2.47.